The van der Waals surface area contributed by atoms with Crippen LogP contribution >= 0.6 is 0 Å². The Kier molecular flexibility index (Phi) is 8.29. The molecule has 12 aromatic carbocycles. The first kappa shape index (κ1) is 41.8. The molecule has 1 heteroatoms. The van der Waals surface area contributed by atoms with Crippen LogP contribution in [0.1, 0.15) is 72.2 Å². The van der Waals surface area contributed by atoms with Crippen molar-refractivity contribution in [1.82, 2.24) is 0 Å². The topological polar surface area (TPSA) is 3.24 Å². The van der Waals surface area contributed by atoms with Gasteiger partial charge in [0.2, 0.25) is 0 Å². The number of hydrogen-bond donors (Lipinski definition) is 0. The number of nitrogens with zero attached hydrogens (tertiary/aromatic N) is 1. The van der Waals surface area contributed by atoms with Crippen LogP contribution in [0.5, 0.6) is 0 Å². The summed E-state index contributed by atoms with van der Waals surface area (Å²) in [5.74, 6) is 0. The molecule has 0 N–H and O–H groups in total. The summed E-state index contributed by atoms with van der Waals surface area (Å²) in [6.45, 7) is 9.62. The number of hydrogen-bond acceptors (Lipinski definition) is 1. The predicted octanol–water partition coefficient (Wildman–Crippen LogP) is 19.2. The average molecular weight is 942 g/mol. The second-order valence-corrected chi connectivity index (χ2v) is 22.3. The lowest BCUT2D eigenvalue weighted by Gasteiger charge is -2.34. The van der Waals surface area contributed by atoms with Gasteiger partial charge >= 0.3 is 0 Å². The van der Waals surface area contributed by atoms with E-state index in [1.165, 1.54) is 132 Å². The van der Waals surface area contributed by atoms with Crippen molar-refractivity contribution < 1.29 is 0 Å². The van der Waals surface area contributed by atoms with Gasteiger partial charge in [0.25, 0.3) is 0 Å². The molecular formula is C73H51N. The monoisotopic (exact) mass is 941 g/mol. The number of anilines is 3. The van der Waals surface area contributed by atoms with E-state index in [0.29, 0.717) is 0 Å². The Balaban J connectivity index is 1.07. The fourth-order valence-corrected chi connectivity index (χ4v) is 14.8. The summed E-state index contributed by atoms with van der Waals surface area (Å²) in [6.07, 6.45) is 0. The van der Waals surface area contributed by atoms with Crippen LogP contribution in [0.25, 0.3) is 88.0 Å². The molecule has 4 aliphatic carbocycles. The first-order valence-corrected chi connectivity index (χ1v) is 26.3. The van der Waals surface area contributed by atoms with Gasteiger partial charge in [0.05, 0.1) is 11.1 Å². The lowest BCUT2D eigenvalue weighted by atomic mass is 9.70. The fraction of sp³-hybridized carbons (Fsp3) is 0.0959. The zero-order valence-corrected chi connectivity index (χ0v) is 42.0. The Morgan fingerprint density at radius 3 is 1.26 bits per heavy atom. The molecule has 4 aliphatic rings. The zero-order valence-electron chi connectivity index (χ0n) is 42.0. The standard InChI is InChI=1S/C73H51N/c1-71(2)62-31-15-13-28-57(62)70-56(29-19-35-66(70)71)60-42-59-54-27-12-18-34-65(54)73(63-32-16-10-25-52(63)53-26-11-17-33-64(53)73)68(59)43-69(60)74(45-37-39-55-51-24-9-14-30-61(51)72(3,4)67(55)41-45)44-36-38-50-48-22-6-5-20-46(48)47-21-7-8-23-49(47)58(50)40-44/h5-43H,1-4H3. The Bertz CT molecular complexity index is 4370. The molecule has 0 saturated carbocycles. The molecular weight excluding hydrogens is 891 g/mol. The molecule has 0 bridgehead atoms. The van der Waals surface area contributed by atoms with Gasteiger partial charge in [0, 0.05) is 27.8 Å². The van der Waals surface area contributed by atoms with Gasteiger partial charge < -0.3 is 4.90 Å². The average Bonchev–Trinajstić information content (AvgIpc) is 4.10. The summed E-state index contributed by atoms with van der Waals surface area (Å²) in [7, 11) is 0. The molecule has 0 aromatic heterocycles. The molecule has 0 aliphatic heterocycles. The summed E-state index contributed by atoms with van der Waals surface area (Å²) in [4.78, 5) is 2.63. The minimum Gasteiger partial charge on any atom is -0.310 e. The van der Waals surface area contributed by atoms with Crippen LogP contribution in [-0.4, -0.2) is 0 Å². The normalized spacial score (nSPS) is 15.1. The van der Waals surface area contributed by atoms with E-state index >= 15 is 0 Å². The zero-order chi connectivity index (χ0) is 49.2. The van der Waals surface area contributed by atoms with Gasteiger partial charge in [-0.15, -0.1) is 0 Å². The summed E-state index contributed by atoms with van der Waals surface area (Å²) in [5, 5.41) is 7.59. The summed E-state index contributed by atoms with van der Waals surface area (Å²) < 4.78 is 0. The quantitative estimate of drug-likeness (QED) is 0.159. The fourth-order valence-electron chi connectivity index (χ4n) is 14.8. The SMILES string of the molecule is CC1(C)c2ccccc2-c2ccc(N(c3ccc4c5ccccc5c5ccccc5c4c3)c3cc4c(cc3-c3cccc5c3-c3ccccc3C5(C)C)-c3ccccc3C43c4ccccc4-c4ccccc43)cc21. The maximum Gasteiger partial charge on any atom is 0.0726 e. The summed E-state index contributed by atoms with van der Waals surface area (Å²) in [5.41, 5.74) is 26.3. The molecule has 1 nitrogen and oxygen atoms in total. The number of rotatable bonds is 4. The van der Waals surface area contributed by atoms with Crippen LogP contribution in [0.15, 0.2) is 237 Å². The first-order valence-electron chi connectivity index (χ1n) is 26.3. The lowest BCUT2D eigenvalue weighted by Crippen LogP contribution is -2.26. The molecule has 348 valence electrons. The van der Waals surface area contributed by atoms with E-state index in [0.717, 1.165) is 17.1 Å². The molecule has 0 saturated heterocycles. The minimum atomic E-state index is -0.536. The molecule has 12 aromatic rings. The molecule has 1 spiro atoms. The molecule has 0 amide bonds. The van der Waals surface area contributed by atoms with Crippen molar-refractivity contribution in [3.05, 3.63) is 281 Å². The highest BCUT2D eigenvalue weighted by Crippen LogP contribution is 2.65. The minimum absolute atomic E-state index is 0.171. The van der Waals surface area contributed by atoms with Crippen molar-refractivity contribution in [1.29, 1.82) is 0 Å². The van der Waals surface area contributed by atoms with E-state index in [1.807, 2.05) is 0 Å². The first-order chi connectivity index (χ1) is 36.2. The molecule has 0 radical (unpaired) electrons. The highest BCUT2D eigenvalue weighted by molar-refractivity contribution is 6.26. The predicted molar refractivity (Wildman–Crippen MR) is 311 cm³/mol. The Labute approximate surface area is 432 Å². The van der Waals surface area contributed by atoms with Crippen molar-refractivity contribution in [2.24, 2.45) is 0 Å². The third-order valence-corrected chi connectivity index (χ3v) is 18.1. The Morgan fingerprint density at radius 1 is 0.243 bits per heavy atom. The van der Waals surface area contributed by atoms with Gasteiger partial charge in [-0.05, 0) is 163 Å². The van der Waals surface area contributed by atoms with Crippen LogP contribution < -0.4 is 4.90 Å². The van der Waals surface area contributed by atoms with Crippen molar-refractivity contribution >= 4 is 49.4 Å². The van der Waals surface area contributed by atoms with Crippen molar-refractivity contribution in [3.63, 3.8) is 0 Å². The van der Waals surface area contributed by atoms with E-state index in [4.69, 9.17) is 0 Å². The van der Waals surface area contributed by atoms with Gasteiger partial charge in [0.15, 0.2) is 0 Å². The summed E-state index contributed by atoms with van der Waals surface area (Å²) in [6, 6.07) is 90.6. The highest BCUT2D eigenvalue weighted by atomic mass is 15.1. The third-order valence-electron chi connectivity index (χ3n) is 18.1. The molecule has 74 heavy (non-hydrogen) atoms. The Hall–Kier alpha value is -8.78. The van der Waals surface area contributed by atoms with Gasteiger partial charge in [0.1, 0.15) is 0 Å². The molecule has 0 heterocycles. The summed E-state index contributed by atoms with van der Waals surface area (Å²) >= 11 is 0. The van der Waals surface area contributed by atoms with Gasteiger partial charge in [-0.25, -0.2) is 0 Å². The van der Waals surface area contributed by atoms with E-state index < -0.39 is 5.41 Å². The molecule has 16 rings (SSSR count). The Morgan fingerprint density at radius 2 is 0.649 bits per heavy atom. The molecule has 0 unspecified atom stereocenters. The van der Waals surface area contributed by atoms with Gasteiger partial charge in [-0.3, -0.25) is 0 Å². The van der Waals surface area contributed by atoms with Crippen LogP contribution in [0.3, 0.4) is 0 Å². The van der Waals surface area contributed by atoms with Crippen molar-refractivity contribution in [2.75, 3.05) is 4.90 Å². The van der Waals surface area contributed by atoms with Crippen LogP contribution in [-0.2, 0) is 16.2 Å². The van der Waals surface area contributed by atoms with E-state index in [1.54, 1.807) is 0 Å². The van der Waals surface area contributed by atoms with E-state index in [-0.39, 0.29) is 10.8 Å². The smallest absolute Gasteiger partial charge is 0.0726 e. The lowest BCUT2D eigenvalue weighted by molar-refractivity contribution is 0.660. The maximum absolute atomic E-state index is 2.63. The van der Waals surface area contributed by atoms with Crippen molar-refractivity contribution in [3.8, 4) is 55.6 Å². The van der Waals surface area contributed by atoms with Crippen LogP contribution in [0.4, 0.5) is 17.1 Å². The van der Waals surface area contributed by atoms with Crippen LogP contribution in [0.2, 0.25) is 0 Å². The largest absolute Gasteiger partial charge is 0.310 e. The van der Waals surface area contributed by atoms with Gasteiger partial charge in [-0.2, -0.15) is 0 Å². The highest BCUT2D eigenvalue weighted by Gasteiger charge is 2.52. The van der Waals surface area contributed by atoms with Crippen molar-refractivity contribution in [2.45, 2.75) is 43.9 Å². The third kappa shape index (κ3) is 5.24. The van der Waals surface area contributed by atoms with E-state index in [9.17, 15) is 0 Å². The maximum atomic E-state index is 2.63. The van der Waals surface area contributed by atoms with Gasteiger partial charge in [-0.1, -0.05) is 228 Å². The molecule has 0 fully saturated rings. The van der Waals surface area contributed by atoms with Crippen LogP contribution in [0, 0.1) is 0 Å². The second-order valence-electron chi connectivity index (χ2n) is 22.3. The number of benzene rings is 12. The van der Waals surface area contributed by atoms with E-state index in [2.05, 4.69) is 269 Å². The second kappa shape index (κ2) is 14.7. The number of fused-ring (bicyclic) bond motifs is 22. The molecule has 0 atom stereocenters.